The van der Waals surface area contributed by atoms with E-state index in [4.69, 9.17) is 9.47 Å². The highest BCUT2D eigenvalue weighted by Gasteiger charge is 2.33. The molecule has 3 nitrogen and oxygen atoms in total. The van der Waals surface area contributed by atoms with E-state index in [0.717, 1.165) is 12.8 Å². The van der Waals surface area contributed by atoms with Crippen LogP contribution in [0.15, 0.2) is 0 Å². The van der Waals surface area contributed by atoms with Gasteiger partial charge in [-0.25, -0.2) is 0 Å². The first kappa shape index (κ1) is 14.5. The van der Waals surface area contributed by atoms with Crippen LogP contribution in [0.4, 0.5) is 0 Å². The summed E-state index contributed by atoms with van der Waals surface area (Å²) in [5.74, 6) is 1.41. The highest BCUT2D eigenvalue weighted by atomic mass is 16.5. The van der Waals surface area contributed by atoms with Crippen molar-refractivity contribution in [3.8, 4) is 0 Å². The van der Waals surface area contributed by atoms with Gasteiger partial charge in [-0.2, -0.15) is 0 Å². The first-order valence-corrected chi connectivity index (χ1v) is 6.66. The van der Waals surface area contributed by atoms with E-state index in [1.165, 1.54) is 7.11 Å². The minimum absolute atomic E-state index is 0.0875. The van der Waals surface area contributed by atoms with Crippen molar-refractivity contribution in [1.29, 1.82) is 0 Å². The monoisotopic (exact) mass is 242 g/mol. The van der Waals surface area contributed by atoms with Crippen LogP contribution in [0.5, 0.6) is 0 Å². The summed E-state index contributed by atoms with van der Waals surface area (Å²) in [5.41, 5.74) is 0. The summed E-state index contributed by atoms with van der Waals surface area (Å²) < 4.78 is 10.6. The Bertz CT molecular complexity index is 240. The van der Waals surface area contributed by atoms with Gasteiger partial charge in [-0.15, -0.1) is 0 Å². The SMILES string of the molecule is COC(=O)CC(C(C)C)C1CC(C)OC(C)C1. The van der Waals surface area contributed by atoms with E-state index in [1.54, 1.807) is 0 Å². The maximum Gasteiger partial charge on any atom is 0.305 e. The summed E-state index contributed by atoms with van der Waals surface area (Å²) in [5, 5.41) is 0. The molecule has 0 aromatic rings. The Morgan fingerprint density at radius 2 is 1.82 bits per heavy atom. The molecule has 0 aliphatic carbocycles. The van der Waals surface area contributed by atoms with Crippen molar-refractivity contribution in [2.75, 3.05) is 7.11 Å². The fourth-order valence-corrected chi connectivity index (χ4v) is 3.03. The lowest BCUT2D eigenvalue weighted by atomic mass is 9.75. The van der Waals surface area contributed by atoms with E-state index in [1.807, 2.05) is 0 Å². The number of esters is 1. The Morgan fingerprint density at radius 1 is 1.29 bits per heavy atom. The number of carbonyl (C=O) groups is 1. The molecule has 3 unspecified atom stereocenters. The number of hydrogen-bond donors (Lipinski definition) is 0. The third-order valence-electron chi connectivity index (χ3n) is 3.83. The number of methoxy groups -OCH3 is 1. The average Bonchev–Trinajstić information content (AvgIpc) is 2.23. The molecule has 0 amide bonds. The third-order valence-corrected chi connectivity index (χ3v) is 3.83. The minimum atomic E-state index is -0.0875. The molecule has 1 fully saturated rings. The smallest absolute Gasteiger partial charge is 0.305 e. The molecule has 0 N–H and O–H groups in total. The number of carbonyl (C=O) groups excluding carboxylic acids is 1. The van der Waals surface area contributed by atoms with Gasteiger partial charge in [-0.1, -0.05) is 13.8 Å². The molecule has 1 aliphatic rings. The molecule has 0 spiro atoms. The molecule has 1 saturated heterocycles. The van der Waals surface area contributed by atoms with Gasteiger partial charge < -0.3 is 9.47 Å². The predicted molar refractivity (Wildman–Crippen MR) is 67.7 cm³/mol. The lowest BCUT2D eigenvalue weighted by Gasteiger charge is -2.38. The fourth-order valence-electron chi connectivity index (χ4n) is 3.03. The zero-order valence-electron chi connectivity index (χ0n) is 11.7. The summed E-state index contributed by atoms with van der Waals surface area (Å²) in [6.07, 6.45) is 3.28. The Labute approximate surface area is 105 Å². The summed E-state index contributed by atoms with van der Waals surface area (Å²) in [6.45, 7) is 8.63. The van der Waals surface area contributed by atoms with Crippen LogP contribution in [0.25, 0.3) is 0 Å². The summed E-state index contributed by atoms with van der Waals surface area (Å²) in [4.78, 5) is 11.5. The lowest BCUT2D eigenvalue weighted by molar-refractivity contribution is -0.144. The largest absolute Gasteiger partial charge is 0.469 e. The van der Waals surface area contributed by atoms with Gasteiger partial charge in [0.15, 0.2) is 0 Å². The van der Waals surface area contributed by atoms with E-state index < -0.39 is 0 Å². The molecule has 1 rings (SSSR count). The second kappa shape index (κ2) is 6.39. The molecule has 0 bridgehead atoms. The third kappa shape index (κ3) is 4.30. The van der Waals surface area contributed by atoms with Crippen molar-refractivity contribution >= 4 is 5.97 Å². The molecular weight excluding hydrogens is 216 g/mol. The van der Waals surface area contributed by atoms with Crippen molar-refractivity contribution in [2.24, 2.45) is 17.8 Å². The highest BCUT2D eigenvalue weighted by Crippen LogP contribution is 2.36. The molecule has 0 saturated carbocycles. The number of hydrogen-bond acceptors (Lipinski definition) is 3. The van der Waals surface area contributed by atoms with Crippen LogP contribution < -0.4 is 0 Å². The Morgan fingerprint density at radius 3 is 2.24 bits per heavy atom. The zero-order valence-corrected chi connectivity index (χ0v) is 11.7. The van der Waals surface area contributed by atoms with Crippen molar-refractivity contribution < 1.29 is 14.3 Å². The molecule has 0 aromatic heterocycles. The zero-order chi connectivity index (χ0) is 13.0. The second-order valence-electron chi connectivity index (χ2n) is 5.68. The maximum absolute atomic E-state index is 11.5. The number of ether oxygens (including phenoxy) is 2. The van der Waals surface area contributed by atoms with E-state index >= 15 is 0 Å². The van der Waals surface area contributed by atoms with Gasteiger partial charge in [0.05, 0.1) is 19.3 Å². The van der Waals surface area contributed by atoms with E-state index in [-0.39, 0.29) is 5.97 Å². The summed E-state index contributed by atoms with van der Waals surface area (Å²) in [7, 11) is 1.47. The normalized spacial score (nSPS) is 31.3. The standard InChI is InChI=1S/C14H26O3/c1-9(2)13(8-14(15)16-5)12-6-10(3)17-11(4)7-12/h9-13H,6-8H2,1-5H3. The second-order valence-corrected chi connectivity index (χ2v) is 5.68. The lowest BCUT2D eigenvalue weighted by Crippen LogP contribution is -2.35. The van der Waals surface area contributed by atoms with Crippen LogP contribution in [-0.4, -0.2) is 25.3 Å². The number of rotatable bonds is 4. The minimum Gasteiger partial charge on any atom is -0.469 e. The maximum atomic E-state index is 11.5. The Balaban J connectivity index is 2.65. The van der Waals surface area contributed by atoms with Gasteiger partial charge in [0.2, 0.25) is 0 Å². The molecule has 0 aromatic carbocycles. The van der Waals surface area contributed by atoms with Crippen molar-refractivity contribution in [1.82, 2.24) is 0 Å². The molecule has 3 atom stereocenters. The van der Waals surface area contributed by atoms with Crippen molar-refractivity contribution in [2.45, 2.75) is 59.2 Å². The molecule has 100 valence electrons. The van der Waals surface area contributed by atoms with Gasteiger partial charge in [-0.05, 0) is 44.4 Å². The van der Waals surface area contributed by atoms with E-state index in [0.29, 0.717) is 36.4 Å². The molecule has 17 heavy (non-hydrogen) atoms. The van der Waals surface area contributed by atoms with Crippen LogP contribution in [-0.2, 0) is 14.3 Å². The Kier molecular flexibility index (Phi) is 5.44. The molecule has 1 aliphatic heterocycles. The van der Waals surface area contributed by atoms with Gasteiger partial charge in [-0.3, -0.25) is 4.79 Å². The van der Waals surface area contributed by atoms with Crippen LogP contribution in [0.3, 0.4) is 0 Å². The van der Waals surface area contributed by atoms with Gasteiger partial charge in [0.1, 0.15) is 0 Å². The van der Waals surface area contributed by atoms with Gasteiger partial charge >= 0.3 is 5.97 Å². The predicted octanol–water partition coefficient (Wildman–Crippen LogP) is 3.03. The molecular formula is C14H26O3. The molecule has 3 heteroatoms. The highest BCUT2D eigenvalue weighted by molar-refractivity contribution is 5.69. The Hall–Kier alpha value is -0.570. The van der Waals surface area contributed by atoms with Crippen molar-refractivity contribution in [3.63, 3.8) is 0 Å². The van der Waals surface area contributed by atoms with Crippen LogP contribution in [0.2, 0.25) is 0 Å². The average molecular weight is 242 g/mol. The van der Waals surface area contributed by atoms with Gasteiger partial charge in [0.25, 0.3) is 0 Å². The van der Waals surface area contributed by atoms with E-state index in [2.05, 4.69) is 27.7 Å². The topological polar surface area (TPSA) is 35.5 Å². The summed E-state index contributed by atoms with van der Waals surface area (Å²) >= 11 is 0. The van der Waals surface area contributed by atoms with Crippen LogP contribution in [0, 0.1) is 17.8 Å². The molecule has 1 heterocycles. The fraction of sp³-hybridized carbons (Fsp3) is 0.929. The summed E-state index contributed by atoms with van der Waals surface area (Å²) in [6, 6.07) is 0. The quantitative estimate of drug-likeness (QED) is 0.711. The van der Waals surface area contributed by atoms with Crippen LogP contribution >= 0.6 is 0 Å². The first-order chi connectivity index (χ1) is 7.93. The van der Waals surface area contributed by atoms with E-state index in [9.17, 15) is 4.79 Å². The first-order valence-electron chi connectivity index (χ1n) is 6.66. The van der Waals surface area contributed by atoms with Gasteiger partial charge in [0, 0.05) is 6.42 Å². The van der Waals surface area contributed by atoms with Crippen LogP contribution in [0.1, 0.15) is 47.0 Å². The van der Waals surface area contributed by atoms with Crippen molar-refractivity contribution in [3.05, 3.63) is 0 Å². The molecule has 0 radical (unpaired) electrons.